The van der Waals surface area contributed by atoms with E-state index in [9.17, 15) is 13.2 Å². The second-order valence-electron chi connectivity index (χ2n) is 4.26. The summed E-state index contributed by atoms with van der Waals surface area (Å²) in [7, 11) is 0. The van der Waals surface area contributed by atoms with Crippen molar-refractivity contribution < 1.29 is 13.2 Å². The van der Waals surface area contributed by atoms with E-state index in [1.165, 1.54) is 17.4 Å². The third-order valence-corrected chi connectivity index (χ3v) is 5.38. The second-order valence-corrected chi connectivity index (χ2v) is 7.84. The second kappa shape index (κ2) is 5.58. The van der Waals surface area contributed by atoms with Gasteiger partial charge in [0.1, 0.15) is 0 Å². The third kappa shape index (κ3) is 3.38. The van der Waals surface area contributed by atoms with Gasteiger partial charge in [0.15, 0.2) is 5.13 Å². The van der Waals surface area contributed by atoms with Crippen molar-refractivity contribution in [1.29, 1.82) is 0 Å². The number of aromatic nitrogens is 1. The van der Waals surface area contributed by atoms with Crippen LogP contribution in [0.4, 0.5) is 18.3 Å². The molecule has 0 saturated carbocycles. The number of benzene rings is 1. The molecule has 21 heavy (non-hydrogen) atoms. The Hall–Kier alpha value is -1.12. The number of rotatable bonds is 3. The summed E-state index contributed by atoms with van der Waals surface area (Å²) >= 11 is 6.33. The van der Waals surface area contributed by atoms with Crippen LogP contribution < -0.4 is 5.32 Å². The lowest BCUT2D eigenvalue weighted by molar-refractivity contribution is -0.137. The Morgan fingerprint density at radius 2 is 1.95 bits per heavy atom. The molecule has 2 heterocycles. The van der Waals surface area contributed by atoms with Crippen LogP contribution in [0, 0.1) is 0 Å². The summed E-state index contributed by atoms with van der Waals surface area (Å²) in [6.45, 7) is 0.599. The van der Waals surface area contributed by atoms with Crippen molar-refractivity contribution in [3.05, 3.63) is 44.6 Å². The van der Waals surface area contributed by atoms with Crippen molar-refractivity contribution >= 4 is 54.0 Å². The first-order valence-corrected chi connectivity index (χ1v) is 8.30. The minimum atomic E-state index is -4.34. The topological polar surface area (TPSA) is 24.9 Å². The molecule has 8 heteroatoms. The molecule has 3 aromatic rings. The van der Waals surface area contributed by atoms with Crippen molar-refractivity contribution in [2.24, 2.45) is 0 Å². The zero-order valence-corrected chi connectivity index (χ0v) is 13.6. The smallest absolute Gasteiger partial charge is 0.357 e. The van der Waals surface area contributed by atoms with Crippen LogP contribution in [-0.4, -0.2) is 4.98 Å². The van der Waals surface area contributed by atoms with Crippen LogP contribution >= 0.6 is 38.6 Å². The molecule has 0 spiro atoms. The maximum atomic E-state index is 12.7. The molecule has 1 aromatic carbocycles. The van der Waals surface area contributed by atoms with E-state index in [4.69, 9.17) is 0 Å². The van der Waals surface area contributed by atoms with E-state index < -0.39 is 11.7 Å². The maximum absolute atomic E-state index is 12.7. The van der Waals surface area contributed by atoms with Crippen LogP contribution in [0.25, 0.3) is 10.2 Å². The fraction of sp³-hybridized carbons (Fsp3) is 0.154. The van der Waals surface area contributed by atoms with Crippen molar-refractivity contribution in [1.82, 2.24) is 4.98 Å². The van der Waals surface area contributed by atoms with Gasteiger partial charge in [-0.15, -0.1) is 11.3 Å². The molecule has 0 unspecified atom stereocenters. The van der Waals surface area contributed by atoms with E-state index >= 15 is 0 Å². The van der Waals surface area contributed by atoms with Crippen LogP contribution in [0.3, 0.4) is 0 Å². The van der Waals surface area contributed by atoms with Gasteiger partial charge in [0.25, 0.3) is 0 Å². The summed E-state index contributed by atoms with van der Waals surface area (Å²) < 4.78 is 39.7. The molecule has 0 atom stereocenters. The Labute approximate surface area is 134 Å². The van der Waals surface area contributed by atoms with Crippen LogP contribution in [-0.2, 0) is 12.7 Å². The SMILES string of the molecule is FC(F)(F)c1ccc2sc(NCc3ccc(Br)s3)nc2c1. The van der Waals surface area contributed by atoms with E-state index in [-0.39, 0.29) is 0 Å². The highest BCUT2D eigenvalue weighted by molar-refractivity contribution is 9.11. The summed E-state index contributed by atoms with van der Waals surface area (Å²) in [5, 5.41) is 3.76. The van der Waals surface area contributed by atoms with E-state index in [1.54, 1.807) is 11.3 Å². The molecule has 0 bridgehead atoms. The van der Waals surface area contributed by atoms with Gasteiger partial charge in [-0.1, -0.05) is 11.3 Å². The number of thiophene rings is 1. The lowest BCUT2D eigenvalue weighted by Crippen LogP contribution is -2.04. The molecule has 1 N–H and O–H groups in total. The van der Waals surface area contributed by atoms with Crippen LogP contribution in [0.2, 0.25) is 0 Å². The van der Waals surface area contributed by atoms with E-state index in [0.717, 1.165) is 25.5 Å². The Kier molecular flexibility index (Phi) is 3.94. The minimum absolute atomic E-state index is 0.365. The van der Waals surface area contributed by atoms with Gasteiger partial charge in [-0.05, 0) is 46.3 Å². The molecule has 0 aliphatic rings. The highest BCUT2D eigenvalue weighted by Crippen LogP contribution is 2.34. The van der Waals surface area contributed by atoms with E-state index in [2.05, 4.69) is 26.2 Å². The highest BCUT2D eigenvalue weighted by atomic mass is 79.9. The Morgan fingerprint density at radius 3 is 2.62 bits per heavy atom. The molecule has 0 amide bonds. The molecule has 0 saturated heterocycles. The average molecular weight is 393 g/mol. The van der Waals surface area contributed by atoms with Crippen molar-refractivity contribution in [2.75, 3.05) is 5.32 Å². The Morgan fingerprint density at radius 1 is 1.14 bits per heavy atom. The number of anilines is 1. The minimum Gasteiger partial charge on any atom is -0.357 e. The first-order valence-electron chi connectivity index (χ1n) is 5.88. The molecule has 2 nitrogen and oxygen atoms in total. The molecule has 3 rings (SSSR count). The van der Waals surface area contributed by atoms with Gasteiger partial charge in [-0.25, -0.2) is 4.98 Å². The fourth-order valence-corrected chi connectivity index (χ4v) is 4.05. The van der Waals surface area contributed by atoms with Gasteiger partial charge < -0.3 is 5.32 Å². The van der Waals surface area contributed by atoms with Crippen molar-refractivity contribution in [2.45, 2.75) is 12.7 Å². The first kappa shape index (κ1) is 14.8. The number of hydrogen-bond donors (Lipinski definition) is 1. The molecular weight excluding hydrogens is 385 g/mol. The summed E-state index contributed by atoms with van der Waals surface area (Å²) in [4.78, 5) is 5.33. The fourth-order valence-electron chi connectivity index (χ4n) is 1.79. The number of nitrogens with zero attached hydrogens (tertiary/aromatic N) is 1. The molecule has 0 fully saturated rings. The number of thiazole rings is 1. The number of hydrogen-bond acceptors (Lipinski definition) is 4. The highest BCUT2D eigenvalue weighted by Gasteiger charge is 2.30. The van der Waals surface area contributed by atoms with Gasteiger partial charge in [-0.2, -0.15) is 13.2 Å². The molecule has 110 valence electrons. The van der Waals surface area contributed by atoms with Gasteiger partial charge >= 0.3 is 6.18 Å². The number of halogens is 4. The normalized spacial score (nSPS) is 12.0. The summed E-state index contributed by atoms with van der Waals surface area (Å²) in [5.41, 5.74) is -0.307. The van der Waals surface area contributed by atoms with E-state index in [0.29, 0.717) is 17.2 Å². The maximum Gasteiger partial charge on any atom is 0.416 e. The molecule has 0 radical (unpaired) electrons. The summed E-state index contributed by atoms with van der Waals surface area (Å²) in [6.07, 6.45) is -4.34. The Bertz CT molecular complexity index is 779. The van der Waals surface area contributed by atoms with Gasteiger partial charge in [-0.3, -0.25) is 0 Å². The lowest BCUT2D eigenvalue weighted by atomic mass is 10.2. The van der Waals surface area contributed by atoms with Gasteiger partial charge in [0.05, 0.1) is 26.1 Å². The molecular formula is C13H8BrF3N2S2. The summed E-state index contributed by atoms with van der Waals surface area (Å²) in [6, 6.07) is 7.56. The van der Waals surface area contributed by atoms with Crippen LogP contribution in [0.15, 0.2) is 34.1 Å². The lowest BCUT2D eigenvalue weighted by Gasteiger charge is -2.04. The largest absolute Gasteiger partial charge is 0.416 e. The quantitative estimate of drug-likeness (QED) is 0.613. The standard InChI is InChI=1S/C13H8BrF3N2S2/c14-11-4-2-8(20-11)6-18-12-19-9-5-7(13(15,16)17)1-3-10(9)21-12/h1-5H,6H2,(H,18,19). The number of alkyl halides is 3. The Balaban J connectivity index is 1.80. The third-order valence-electron chi connectivity index (χ3n) is 2.76. The first-order chi connectivity index (χ1) is 9.91. The predicted octanol–water partition coefficient (Wildman–Crippen LogP) is 5.75. The van der Waals surface area contributed by atoms with Crippen molar-refractivity contribution in [3.8, 4) is 0 Å². The molecule has 0 aliphatic heterocycles. The van der Waals surface area contributed by atoms with Crippen LogP contribution in [0.5, 0.6) is 0 Å². The predicted molar refractivity (Wildman–Crippen MR) is 84.0 cm³/mol. The number of nitrogens with one attached hydrogen (secondary N) is 1. The average Bonchev–Trinajstić information content (AvgIpc) is 2.99. The summed E-state index contributed by atoms with van der Waals surface area (Å²) in [5.74, 6) is 0. The zero-order valence-electron chi connectivity index (χ0n) is 10.4. The molecule has 0 aliphatic carbocycles. The van der Waals surface area contributed by atoms with Crippen LogP contribution in [0.1, 0.15) is 10.4 Å². The number of fused-ring (bicyclic) bond motifs is 1. The van der Waals surface area contributed by atoms with E-state index in [1.807, 2.05) is 12.1 Å². The molecule has 2 aromatic heterocycles. The van der Waals surface area contributed by atoms with Crippen molar-refractivity contribution in [3.63, 3.8) is 0 Å². The van der Waals surface area contributed by atoms with Gasteiger partial charge in [0.2, 0.25) is 0 Å². The monoisotopic (exact) mass is 392 g/mol. The zero-order chi connectivity index (χ0) is 15.0. The van der Waals surface area contributed by atoms with Gasteiger partial charge in [0, 0.05) is 4.88 Å².